The molecule has 0 amide bonds. The lowest BCUT2D eigenvalue weighted by atomic mass is 10.0. The van der Waals surface area contributed by atoms with Crippen LogP contribution in [-0.4, -0.2) is 69.1 Å². The van der Waals surface area contributed by atoms with Crippen molar-refractivity contribution in [2.45, 2.75) is 102 Å². The van der Waals surface area contributed by atoms with Gasteiger partial charge in [0.15, 0.2) is 6.10 Å². The van der Waals surface area contributed by atoms with Crippen molar-refractivity contribution in [3.8, 4) is 0 Å². The molecule has 0 bridgehead atoms. The second-order valence-corrected chi connectivity index (χ2v) is 6.88. The van der Waals surface area contributed by atoms with E-state index in [9.17, 15) is 20.1 Å². The predicted octanol–water partition coefficient (Wildman–Crippen LogP) is 1.28. The highest BCUT2D eigenvalue weighted by atomic mass is 16.6. The Morgan fingerprint density at radius 2 is 1.23 bits per heavy atom. The van der Waals surface area contributed by atoms with E-state index in [1.807, 2.05) is 0 Å². The van der Waals surface area contributed by atoms with E-state index < -0.39 is 43.6 Å². The van der Waals surface area contributed by atoms with Gasteiger partial charge in [0.25, 0.3) is 0 Å². The zero-order valence-corrected chi connectivity index (χ0v) is 16.1. The molecule has 0 radical (unpaired) electrons. The van der Waals surface area contributed by atoms with Gasteiger partial charge in [-0.3, -0.25) is 4.79 Å². The van der Waals surface area contributed by atoms with Gasteiger partial charge in [-0.05, 0) is 6.42 Å². The van der Waals surface area contributed by atoms with Gasteiger partial charge in [0, 0.05) is 6.42 Å². The van der Waals surface area contributed by atoms with Gasteiger partial charge >= 0.3 is 5.97 Å². The summed E-state index contributed by atoms with van der Waals surface area (Å²) in [5.74, 6) is -0.605. The van der Waals surface area contributed by atoms with Crippen LogP contribution in [0.4, 0.5) is 0 Å². The molecule has 5 N–H and O–H groups in total. The van der Waals surface area contributed by atoms with Gasteiger partial charge in [-0.25, -0.2) is 0 Å². The van der Waals surface area contributed by atoms with Gasteiger partial charge in [-0.2, -0.15) is 0 Å². The third kappa shape index (κ3) is 11.8. The minimum Gasteiger partial charge on any atom is -0.457 e. The van der Waals surface area contributed by atoms with Crippen molar-refractivity contribution in [3.05, 3.63) is 0 Å². The average Bonchev–Trinajstić information content (AvgIpc) is 2.65. The smallest absolute Gasteiger partial charge is 0.306 e. The van der Waals surface area contributed by atoms with Crippen LogP contribution in [0.2, 0.25) is 0 Å². The van der Waals surface area contributed by atoms with Gasteiger partial charge < -0.3 is 30.3 Å². The molecule has 0 aliphatic heterocycles. The first-order valence-corrected chi connectivity index (χ1v) is 9.93. The number of carbonyl (C=O) groups is 1. The number of esters is 1. The number of aliphatic hydroxyl groups is 5. The van der Waals surface area contributed by atoms with E-state index in [-0.39, 0.29) is 6.42 Å². The first-order valence-electron chi connectivity index (χ1n) is 9.93. The molecule has 0 fully saturated rings. The lowest BCUT2D eigenvalue weighted by Gasteiger charge is -2.28. The van der Waals surface area contributed by atoms with E-state index in [0.29, 0.717) is 6.42 Å². The van der Waals surface area contributed by atoms with Gasteiger partial charge in [-0.1, -0.05) is 64.7 Å². The Morgan fingerprint density at radius 1 is 0.769 bits per heavy atom. The molecule has 0 aliphatic rings. The number of hydrogen-bond acceptors (Lipinski definition) is 7. The van der Waals surface area contributed by atoms with Crippen molar-refractivity contribution in [2.75, 3.05) is 13.2 Å². The van der Waals surface area contributed by atoms with Crippen LogP contribution in [0, 0.1) is 0 Å². The van der Waals surface area contributed by atoms with Gasteiger partial charge in [0.05, 0.1) is 13.2 Å². The molecule has 0 aromatic heterocycles. The highest BCUT2D eigenvalue weighted by molar-refractivity contribution is 5.69. The Hall–Kier alpha value is -0.730. The molecule has 0 aromatic rings. The zero-order valence-electron chi connectivity index (χ0n) is 16.1. The molecule has 0 saturated heterocycles. The first-order chi connectivity index (χ1) is 12.5. The van der Waals surface area contributed by atoms with Gasteiger partial charge in [0.2, 0.25) is 0 Å². The fourth-order valence-electron chi connectivity index (χ4n) is 2.77. The maximum Gasteiger partial charge on any atom is 0.306 e. The molecule has 156 valence electrons. The quantitative estimate of drug-likeness (QED) is 0.190. The molecule has 26 heavy (non-hydrogen) atoms. The number of ether oxygens (including phenoxy) is 1. The lowest BCUT2D eigenvalue weighted by Crippen LogP contribution is -2.49. The van der Waals surface area contributed by atoms with Crippen molar-refractivity contribution >= 4 is 5.97 Å². The normalized spacial score (nSPS) is 16.1. The van der Waals surface area contributed by atoms with Crippen molar-refractivity contribution in [3.63, 3.8) is 0 Å². The zero-order chi connectivity index (χ0) is 19.8. The lowest BCUT2D eigenvalue weighted by molar-refractivity contribution is -0.177. The molecule has 0 saturated carbocycles. The van der Waals surface area contributed by atoms with E-state index in [0.717, 1.165) is 19.3 Å². The highest BCUT2D eigenvalue weighted by Gasteiger charge is 2.34. The summed E-state index contributed by atoms with van der Waals surface area (Å²) in [6.07, 6.45) is 5.28. The molecular formula is C19H38O7. The SMILES string of the molecule is CCCCCCCCCCCCC(=O)O[C@@H]([C@H](O)[C@H](O)CO)[C@H](O)CO. The Morgan fingerprint density at radius 3 is 1.69 bits per heavy atom. The van der Waals surface area contributed by atoms with Crippen LogP contribution in [0.25, 0.3) is 0 Å². The van der Waals surface area contributed by atoms with Crippen LogP contribution >= 0.6 is 0 Å². The third-order valence-electron chi connectivity index (χ3n) is 4.49. The topological polar surface area (TPSA) is 127 Å². The van der Waals surface area contributed by atoms with Crippen molar-refractivity contribution in [2.24, 2.45) is 0 Å². The van der Waals surface area contributed by atoms with E-state index in [1.54, 1.807) is 0 Å². The maximum atomic E-state index is 11.9. The molecule has 0 aromatic carbocycles. The van der Waals surface area contributed by atoms with Crippen LogP contribution in [0.1, 0.15) is 77.6 Å². The highest BCUT2D eigenvalue weighted by Crippen LogP contribution is 2.14. The van der Waals surface area contributed by atoms with E-state index in [4.69, 9.17) is 14.9 Å². The fraction of sp³-hybridized carbons (Fsp3) is 0.947. The molecule has 0 unspecified atom stereocenters. The molecule has 0 heterocycles. The molecule has 0 aliphatic carbocycles. The van der Waals surface area contributed by atoms with E-state index in [1.165, 1.54) is 38.5 Å². The van der Waals surface area contributed by atoms with Crippen LogP contribution in [-0.2, 0) is 9.53 Å². The average molecular weight is 379 g/mol. The van der Waals surface area contributed by atoms with E-state index in [2.05, 4.69) is 6.92 Å². The molecule has 0 rings (SSSR count). The number of carbonyl (C=O) groups excluding carboxylic acids is 1. The van der Waals surface area contributed by atoms with Gasteiger partial charge in [0.1, 0.15) is 18.3 Å². The Labute approximate surface area is 157 Å². The molecular weight excluding hydrogens is 340 g/mol. The largest absolute Gasteiger partial charge is 0.457 e. The maximum absolute atomic E-state index is 11.9. The number of unbranched alkanes of at least 4 members (excludes halogenated alkanes) is 9. The number of rotatable bonds is 17. The predicted molar refractivity (Wildman–Crippen MR) is 98.5 cm³/mol. The van der Waals surface area contributed by atoms with Gasteiger partial charge in [-0.15, -0.1) is 0 Å². The summed E-state index contributed by atoms with van der Waals surface area (Å²) in [7, 11) is 0. The third-order valence-corrected chi connectivity index (χ3v) is 4.49. The van der Waals surface area contributed by atoms with Crippen molar-refractivity contribution < 1.29 is 35.1 Å². The summed E-state index contributed by atoms with van der Waals surface area (Å²) >= 11 is 0. The molecule has 0 spiro atoms. The second kappa shape index (κ2) is 16.4. The fourth-order valence-corrected chi connectivity index (χ4v) is 2.77. The minimum atomic E-state index is -1.67. The Kier molecular flexibility index (Phi) is 16.0. The first kappa shape index (κ1) is 25.3. The Balaban J connectivity index is 3.92. The summed E-state index contributed by atoms with van der Waals surface area (Å²) in [4.78, 5) is 11.9. The summed E-state index contributed by atoms with van der Waals surface area (Å²) in [6.45, 7) is 0.727. The molecule has 7 nitrogen and oxygen atoms in total. The summed E-state index contributed by atoms with van der Waals surface area (Å²) < 4.78 is 5.00. The van der Waals surface area contributed by atoms with Crippen molar-refractivity contribution in [1.29, 1.82) is 0 Å². The monoisotopic (exact) mass is 378 g/mol. The van der Waals surface area contributed by atoms with Crippen LogP contribution in [0.15, 0.2) is 0 Å². The van der Waals surface area contributed by atoms with Crippen LogP contribution in [0.3, 0.4) is 0 Å². The second-order valence-electron chi connectivity index (χ2n) is 6.88. The minimum absolute atomic E-state index is 0.146. The van der Waals surface area contributed by atoms with Crippen LogP contribution in [0.5, 0.6) is 0 Å². The molecule has 4 atom stereocenters. The van der Waals surface area contributed by atoms with Crippen molar-refractivity contribution in [1.82, 2.24) is 0 Å². The Bertz CT molecular complexity index is 338. The summed E-state index contributed by atoms with van der Waals surface area (Å²) in [5, 5.41) is 46.7. The molecule has 7 heteroatoms. The van der Waals surface area contributed by atoms with E-state index >= 15 is 0 Å². The standard InChI is InChI=1S/C19H38O7/c1-2-3-4-5-6-7-8-9-10-11-12-17(24)26-19(16(23)14-21)18(25)15(22)13-20/h15-16,18-23,25H,2-14H2,1H3/t15-,16-,18-,19-/m1/s1. The summed E-state index contributed by atoms with van der Waals surface area (Å²) in [5.41, 5.74) is 0. The number of hydrogen-bond donors (Lipinski definition) is 5. The van der Waals surface area contributed by atoms with Crippen LogP contribution < -0.4 is 0 Å². The number of aliphatic hydroxyl groups excluding tert-OH is 5. The summed E-state index contributed by atoms with van der Waals surface area (Å²) in [6, 6.07) is 0.